The van der Waals surface area contributed by atoms with Crippen molar-refractivity contribution in [2.75, 3.05) is 57.4 Å². The van der Waals surface area contributed by atoms with Crippen LogP contribution in [0.2, 0.25) is 0 Å². The van der Waals surface area contributed by atoms with Gasteiger partial charge in [-0.1, -0.05) is 95.1 Å². The van der Waals surface area contributed by atoms with Gasteiger partial charge in [0.05, 0.1) is 56.3 Å². The topological polar surface area (TPSA) is 716 Å². The fourth-order valence-electron chi connectivity index (χ4n) is 13.3. The van der Waals surface area contributed by atoms with Crippen LogP contribution in [0.5, 0.6) is 11.5 Å². The molecule has 46 heteroatoms. The third-order valence-electron chi connectivity index (χ3n) is 20.7. The van der Waals surface area contributed by atoms with Crippen molar-refractivity contribution in [2.45, 2.75) is 236 Å². The van der Waals surface area contributed by atoms with Crippen LogP contribution in [0.4, 0.5) is 0 Å². The monoisotopic (exact) mass is 1860 g/mol. The van der Waals surface area contributed by atoms with Crippen molar-refractivity contribution in [3.63, 3.8) is 0 Å². The zero-order valence-electron chi connectivity index (χ0n) is 74.0. The average molecular weight is 1870 g/mol. The van der Waals surface area contributed by atoms with Crippen molar-refractivity contribution in [3.8, 4) is 11.5 Å². The van der Waals surface area contributed by atoms with E-state index in [9.17, 15) is 137 Å². The molecule has 131 heavy (non-hydrogen) atoms. The Kier molecular flexibility index (Phi) is 48.5. The number of likely N-dealkylation sites (tertiary alicyclic amines) is 1. The Morgan fingerprint density at radius 3 is 1.33 bits per heavy atom. The van der Waals surface area contributed by atoms with E-state index >= 15 is 0 Å². The van der Waals surface area contributed by atoms with Gasteiger partial charge in [-0.05, 0) is 119 Å². The Morgan fingerprint density at radius 2 is 0.847 bits per heavy atom. The summed E-state index contributed by atoms with van der Waals surface area (Å²) >= 11 is 0.865. The number of phenols is 2. The molecule has 0 spiro atoms. The van der Waals surface area contributed by atoms with Crippen molar-refractivity contribution in [1.82, 2.24) is 84.7 Å². The first kappa shape index (κ1) is 111. The molecule has 3 aromatic rings. The van der Waals surface area contributed by atoms with Gasteiger partial charge in [0.25, 0.3) is 0 Å². The lowest BCUT2D eigenvalue weighted by atomic mass is 9.96. The quantitative estimate of drug-likeness (QED) is 0.0234. The number of carboxylic acid groups (broad SMARTS) is 3. The molecular formula is C85H125N17O28S. The number of hydrogen-bond donors (Lipinski definition) is 25. The van der Waals surface area contributed by atoms with Crippen LogP contribution in [-0.2, 0) is 110 Å². The molecule has 0 radical (unpaired) electrons. The first-order valence-corrected chi connectivity index (χ1v) is 44.0. The molecule has 724 valence electrons. The van der Waals surface area contributed by atoms with Crippen molar-refractivity contribution in [2.24, 2.45) is 17.6 Å². The van der Waals surface area contributed by atoms with Gasteiger partial charge in [-0.2, -0.15) is 0 Å². The number of aromatic hydroxyl groups is 2. The maximum Gasteiger partial charge on any atom is 0.305 e. The first-order valence-electron chi connectivity index (χ1n) is 42.8. The number of thioether (sulfide) groups is 1. The van der Waals surface area contributed by atoms with Crippen LogP contribution >= 0.6 is 11.8 Å². The maximum absolute atomic E-state index is 14.7. The highest BCUT2D eigenvalue weighted by Gasteiger charge is 2.40. The van der Waals surface area contributed by atoms with E-state index < -0.39 is 261 Å². The van der Waals surface area contributed by atoms with Crippen LogP contribution in [0.3, 0.4) is 0 Å². The summed E-state index contributed by atoms with van der Waals surface area (Å²) in [6.45, 7) is 8.25. The lowest BCUT2D eigenvalue weighted by Crippen LogP contribution is -2.63. The van der Waals surface area contributed by atoms with E-state index in [0.29, 0.717) is 56.4 Å². The van der Waals surface area contributed by atoms with Gasteiger partial charge in [0.15, 0.2) is 0 Å². The molecule has 26 N–H and O–H groups in total. The highest BCUT2D eigenvalue weighted by Crippen LogP contribution is 2.19. The number of carboxylic acids is 3. The Bertz CT molecular complexity index is 4360. The van der Waals surface area contributed by atoms with Crippen LogP contribution in [0.1, 0.15) is 142 Å². The molecule has 0 saturated carbocycles. The van der Waals surface area contributed by atoms with Crippen molar-refractivity contribution < 1.29 is 137 Å². The Balaban J connectivity index is 1.52. The minimum atomic E-state index is -2.22. The number of carbonyl (C=O) groups is 19. The predicted octanol–water partition coefficient (Wildman–Crippen LogP) is -5.79. The van der Waals surface area contributed by atoms with Crippen molar-refractivity contribution in [3.05, 3.63) is 95.6 Å². The van der Waals surface area contributed by atoms with Crippen LogP contribution in [0, 0.1) is 11.8 Å². The van der Waals surface area contributed by atoms with Gasteiger partial charge in [0.2, 0.25) is 94.5 Å². The fourth-order valence-corrected chi connectivity index (χ4v) is 13.9. The van der Waals surface area contributed by atoms with Crippen LogP contribution in [0.25, 0.3) is 0 Å². The fraction of sp³-hybridized carbons (Fsp3) is 0.565. The van der Waals surface area contributed by atoms with Crippen LogP contribution in [-0.4, -0.2) is 311 Å². The molecule has 1 fully saturated rings. The number of aliphatic hydroxyl groups is 4. The van der Waals surface area contributed by atoms with E-state index in [1.54, 1.807) is 50.8 Å². The molecular weight excluding hydrogens is 1740 g/mol. The third kappa shape index (κ3) is 40.9. The summed E-state index contributed by atoms with van der Waals surface area (Å²) in [5.41, 5.74) is 6.50. The number of nitrogens with one attached hydrogen (secondary N) is 15. The number of hydrogen-bond acceptors (Lipinski definition) is 27. The third-order valence-corrected chi connectivity index (χ3v) is 21.6. The number of amides is 16. The SMILES string of the molecule is CC[C@H](C)[C@H](NC(=O)[C@H](CO)NC(=O)[C@H](Cc1ccc(O)cc1)NC(=O)[C@H](CC(=O)O)NC(=O)[C@H](CO)NC(=O)[C@@H](NC(=O)[C@H](Cc1ccccc1)NC(=O)[C@@H](NC(=O)CNC(=O)[C@H](CCC(=O)O)NC(=O)CSCC(=O)NCCN1CCCCC1=O)[C@@H](C)O)[C@@H](C)O)C(=O)N[C@@H](Cc1ccc(O)cc1)C(=O)N[C@@H](CC(C)C)C(=O)N[C@@H](CC(=O)O)C(=O)N[C@H](C)CCCCN. The second-order valence-corrected chi connectivity index (χ2v) is 33.1. The van der Waals surface area contributed by atoms with Gasteiger partial charge in [0, 0.05) is 57.8 Å². The van der Waals surface area contributed by atoms with Crippen LogP contribution < -0.4 is 85.5 Å². The lowest BCUT2D eigenvalue weighted by molar-refractivity contribution is -0.142. The molecule has 45 nitrogen and oxygen atoms in total. The number of benzene rings is 3. The minimum Gasteiger partial charge on any atom is -0.508 e. The van der Waals surface area contributed by atoms with Gasteiger partial charge >= 0.3 is 17.9 Å². The second kappa shape index (κ2) is 57.4. The molecule has 1 aliphatic rings. The number of carbonyl (C=O) groups excluding carboxylic acids is 16. The second-order valence-electron chi connectivity index (χ2n) is 32.1. The van der Waals surface area contributed by atoms with Crippen molar-refractivity contribution >= 4 is 124 Å². The summed E-state index contributed by atoms with van der Waals surface area (Å²) in [4.78, 5) is 259. The molecule has 4 rings (SSSR count). The summed E-state index contributed by atoms with van der Waals surface area (Å²) in [6.07, 6.45) is -4.29. The molecule has 0 aromatic heterocycles. The average Bonchev–Trinajstić information content (AvgIpc) is 0.834. The highest BCUT2D eigenvalue weighted by atomic mass is 32.2. The number of nitrogens with two attached hydrogens (primary N) is 1. The molecule has 0 bridgehead atoms. The summed E-state index contributed by atoms with van der Waals surface area (Å²) in [6, 6.07) is -4.22. The zero-order valence-corrected chi connectivity index (χ0v) is 74.8. The first-order chi connectivity index (χ1) is 61.9. The van der Waals surface area contributed by atoms with E-state index in [2.05, 4.69) is 79.8 Å². The lowest BCUT2D eigenvalue weighted by Gasteiger charge is -2.30. The number of aliphatic hydroxyl groups excluding tert-OH is 4. The Morgan fingerprint density at radius 1 is 0.427 bits per heavy atom. The number of aliphatic carboxylic acids is 3. The predicted molar refractivity (Wildman–Crippen MR) is 469 cm³/mol. The molecule has 1 heterocycles. The minimum absolute atomic E-state index is 0.0208. The maximum atomic E-state index is 14.7. The smallest absolute Gasteiger partial charge is 0.305 e. The van der Waals surface area contributed by atoms with Gasteiger partial charge in [-0.25, -0.2) is 0 Å². The van der Waals surface area contributed by atoms with Crippen LogP contribution in [0.15, 0.2) is 78.9 Å². The van der Waals surface area contributed by atoms with Gasteiger partial charge in [-0.15, -0.1) is 11.8 Å². The van der Waals surface area contributed by atoms with Crippen molar-refractivity contribution in [1.29, 1.82) is 0 Å². The Labute approximate surface area is 760 Å². The van der Waals surface area contributed by atoms with E-state index in [1.807, 2.05) is 0 Å². The van der Waals surface area contributed by atoms with E-state index in [1.165, 1.54) is 67.6 Å². The van der Waals surface area contributed by atoms with E-state index in [0.717, 1.165) is 38.5 Å². The number of phenolic OH excluding ortho intramolecular Hbond substituents is 2. The highest BCUT2D eigenvalue weighted by molar-refractivity contribution is 8.00. The molecule has 1 saturated heterocycles. The molecule has 3 aromatic carbocycles. The molecule has 0 aliphatic carbocycles. The molecule has 16 atom stereocenters. The number of unbranched alkanes of at least 4 members (excludes halogenated alkanes) is 1. The van der Waals surface area contributed by atoms with E-state index in [-0.39, 0.29) is 66.2 Å². The Hall–Kier alpha value is -12.7. The van der Waals surface area contributed by atoms with E-state index in [4.69, 9.17) is 5.73 Å². The van der Waals surface area contributed by atoms with Gasteiger partial charge in [0.1, 0.15) is 84.0 Å². The van der Waals surface area contributed by atoms with Gasteiger partial charge in [-0.3, -0.25) is 91.1 Å². The standard InChI is InChI=1S/C85H125N17O28S/c1-8-46(4)71(83(128)95-58(37-52-22-26-54(108)27-23-52)77(122)91-56(34-45(2)3)76(121)93-60(38-69(115)116)75(120)89-47(5)16-12-14-30-86)100-82(127)63(42-104)97-78(123)57(36-51-20-24-53(107)25-21-51)92-79(124)61(39-70(117)118)94-81(126)62(41-103)98-85(130)73(49(7)106)101-80(125)59(35-50-17-10-9-11-18-50)96-84(129)72(48(6)105)99-64(109)40-88-74(119)55(28-29-68(113)114)90-66(111)44-131-43-65(110)87-31-33-102-32-15-13-19-67(102)112/h9-11,17-18,20-27,45-49,55-63,71-73,103-108H,8,12-16,19,28-44,86H2,1-7H3,(H,87,110)(H,88,119)(H,89,120)(H,90,111)(H,91,122)(H,92,124)(H,93,121)(H,94,126)(H,95,128)(H,96,129)(H,97,123)(H,98,130)(H,99,109)(H,100,127)(H,101,125)(H,113,114)(H,115,116)(H,117,118)/t46-,47+,48+,49+,55-,56-,57-,58-,59-,60-,61-,62-,63-,71-,72-,73-/m0/s1. The summed E-state index contributed by atoms with van der Waals surface area (Å²) in [5, 5.41) is 128. The zero-order chi connectivity index (χ0) is 97.7. The number of piperidine rings is 1. The molecule has 0 unspecified atom stereocenters. The van der Waals surface area contributed by atoms with Gasteiger partial charge < -0.3 is 136 Å². The molecule has 1 aliphatic heterocycles. The number of rotatable bonds is 59. The largest absolute Gasteiger partial charge is 0.508 e. The summed E-state index contributed by atoms with van der Waals surface area (Å²) in [5.74, 6) is -23.3. The molecule has 16 amide bonds. The normalized spacial score (nSPS) is 15.5. The number of nitrogens with zero attached hydrogens (tertiary/aromatic N) is 1. The summed E-state index contributed by atoms with van der Waals surface area (Å²) in [7, 11) is 0. The summed E-state index contributed by atoms with van der Waals surface area (Å²) < 4.78 is 0.